The van der Waals surface area contributed by atoms with E-state index in [1.54, 1.807) is 0 Å². The molecule has 1 saturated heterocycles. The van der Waals surface area contributed by atoms with E-state index in [0.717, 1.165) is 12.8 Å². The first kappa shape index (κ1) is 15.3. The number of nitrogens with one attached hydrogen (secondary N) is 1. The molecule has 2 fully saturated rings. The summed E-state index contributed by atoms with van der Waals surface area (Å²) < 4.78 is 23.8. The fourth-order valence-electron chi connectivity index (χ4n) is 3.18. The Bertz CT molecular complexity index is 508. The highest BCUT2D eigenvalue weighted by Crippen LogP contribution is 2.37. The van der Waals surface area contributed by atoms with E-state index in [1.807, 2.05) is 0 Å². The lowest BCUT2D eigenvalue weighted by atomic mass is 9.91. The molecule has 1 aliphatic carbocycles. The zero-order chi connectivity index (χ0) is 15.0. The number of nitrogens with zero attached hydrogens (tertiary/aromatic N) is 1. The summed E-state index contributed by atoms with van der Waals surface area (Å²) in [6.07, 6.45) is 3.05. The van der Waals surface area contributed by atoms with Crippen LogP contribution >= 0.6 is 0 Å². The van der Waals surface area contributed by atoms with Crippen molar-refractivity contribution in [1.82, 2.24) is 10.2 Å². The third kappa shape index (κ3) is 2.32. The highest BCUT2D eigenvalue weighted by atomic mass is 32.2. The molecule has 0 aromatic carbocycles. The van der Waals surface area contributed by atoms with Crippen molar-refractivity contribution in [3.63, 3.8) is 0 Å². The van der Waals surface area contributed by atoms with Crippen LogP contribution in [0.15, 0.2) is 0 Å². The first-order valence-electron chi connectivity index (χ1n) is 7.16. The van der Waals surface area contributed by atoms with Crippen LogP contribution in [0.4, 0.5) is 0 Å². The van der Waals surface area contributed by atoms with E-state index in [0.29, 0.717) is 25.9 Å². The molecule has 1 heterocycles. The topological polar surface area (TPSA) is 83.6 Å². The van der Waals surface area contributed by atoms with Gasteiger partial charge in [0.05, 0.1) is 0 Å². The van der Waals surface area contributed by atoms with Gasteiger partial charge >= 0.3 is 0 Å². The molecule has 6 nitrogen and oxygen atoms in total. The van der Waals surface area contributed by atoms with Gasteiger partial charge in [-0.3, -0.25) is 9.59 Å². The van der Waals surface area contributed by atoms with Crippen LogP contribution in [-0.4, -0.2) is 54.8 Å². The maximum atomic E-state index is 12.6. The number of carbonyl (C=O) groups is 2. The van der Waals surface area contributed by atoms with Crippen LogP contribution in [0.1, 0.15) is 39.5 Å². The third-order valence-corrected chi connectivity index (χ3v) is 6.63. The second-order valence-corrected chi connectivity index (χ2v) is 8.19. The minimum Gasteiger partial charge on any atom is -0.352 e. The van der Waals surface area contributed by atoms with E-state index >= 15 is 0 Å². The normalized spacial score (nSPS) is 23.7. The lowest BCUT2D eigenvalue weighted by molar-refractivity contribution is -0.150. The van der Waals surface area contributed by atoms with Crippen molar-refractivity contribution in [2.24, 2.45) is 0 Å². The summed E-state index contributed by atoms with van der Waals surface area (Å²) in [5.74, 6) is -0.619. The number of rotatable bonds is 3. The van der Waals surface area contributed by atoms with Crippen molar-refractivity contribution < 1.29 is 18.0 Å². The Labute approximate surface area is 119 Å². The Kier molecular flexibility index (Phi) is 4.09. The largest absolute Gasteiger partial charge is 0.352 e. The van der Waals surface area contributed by atoms with Crippen LogP contribution in [-0.2, 0) is 19.4 Å². The van der Waals surface area contributed by atoms with Gasteiger partial charge < -0.3 is 10.2 Å². The van der Waals surface area contributed by atoms with Crippen LogP contribution in [0.3, 0.4) is 0 Å². The van der Waals surface area contributed by atoms with Crippen molar-refractivity contribution >= 4 is 21.7 Å². The number of piperazine rings is 1. The molecule has 2 aliphatic rings. The summed E-state index contributed by atoms with van der Waals surface area (Å²) in [7, 11) is -3.43. The quantitative estimate of drug-likeness (QED) is 0.800. The number of hydrogen-bond acceptors (Lipinski definition) is 4. The van der Waals surface area contributed by atoms with E-state index in [9.17, 15) is 18.0 Å². The average Bonchev–Trinajstić information content (AvgIpc) is 2.91. The van der Waals surface area contributed by atoms with Crippen molar-refractivity contribution in [3.8, 4) is 0 Å². The van der Waals surface area contributed by atoms with E-state index in [2.05, 4.69) is 5.32 Å². The van der Waals surface area contributed by atoms with Crippen LogP contribution in [0.5, 0.6) is 0 Å². The number of carbonyl (C=O) groups excluding carboxylic acids is 2. The predicted octanol–water partition coefficient (Wildman–Crippen LogP) is 0.0808. The van der Waals surface area contributed by atoms with Crippen LogP contribution < -0.4 is 5.32 Å². The molecule has 0 bridgehead atoms. The molecule has 2 rings (SSSR count). The molecule has 0 aromatic heterocycles. The summed E-state index contributed by atoms with van der Waals surface area (Å²) in [4.78, 5) is 26.3. The fraction of sp³-hybridized carbons (Fsp3) is 0.846. The van der Waals surface area contributed by atoms with Gasteiger partial charge in [-0.15, -0.1) is 0 Å². The van der Waals surface area contributed by atoms with Gasteiger partial charge in [0.1, 0.15) is 10.8 Å². The molecular formula is C13H22N2O4S. The highest BCUT2D eigenvalue weighted by Gasteiger charge is 2.51. The molecule has 1 atom stereocenters. The third-order valence-electron chi connectivity index (χ3n) is 4.55. The molecule has 1 spiro atoms. The summed E-state index contributed by atoms with van der Waals surface area (Å²) >= 11 is 0. The molecule has 20 heavy (non-hydrogen) atoms. The van der Waals surface area contributed by atoms with Crippen molar-refractivity contribution in [2.75, 3.05) is 18.8 Å². The first-order chi connectivity index (χ1) is 9.35. The minimum absolute atomic E-state index is 0.0626. The first-order valence-corrected chi connectivity index (χ1v) is 8.88. The molecule has 2 amide bonds. The fourth-order valence-corrected chi connectivity index (χ4v) is 4.12. The van der Waals surface area contributed by atoms with Gasteiger partial charge in [0.25, 0.3) is 0 Å². The van der Waals surface area contributed by atoms with E-state index in [4.69, 9.17) is 0 Å². The highest BCUT2D eigenvalue weighted by molar-refractivity contribution is 7.92. The number of sulfone groups is 1. The Morgan fingerprint density at radius 2 is 2.00 bits per heavy atom. The minimum atomic E-state index is -3.43. The van der Waals surface area contributed by atoms with Gasteiger partial charge in [0.2, 0.25) is 11.8 Å². The lowest BCUT2D eigenvalue weighted by Crippen LogP contribution is -2.66. The zero-order valence-electron chi connectivity index (χ0n) is 12.0. The summed E-state index contributed by atoms with van der Waals surface area (Å²) in [6.45, 7) is 3.75. The van der Waals surface area contributed by atoms with Crippen LogP contribution in [0, 0.1) is 0 Å². The summed E-state index contributed by atoms with van der Waals surface area (Å²) in [6, 6.07) is 0. The lowest BCUT2D eigenvalue weighted by Gasteiger charge is -2.44. The Morgan fingerprint density at radius 3 is 2.55 bits per heavy atom. The molecule has 1 unspecified atom stereocenters. The molecule has 0 aromatic rings. The summed E-state index contributed by atoms with van der Waals surface area (Å²) in [5, 5.41) is 1.74. The second-order valence-electron chi connectivity index (χ2n) is 5.58. The van der Waals surface area contributed by atoms with Gasteiger partial charge in [0.15, 0.2) is 9.84 Å². The van der Waals surface area contributed by atoms with Crippen molar-refractivity contribution in [2.45, 2.75) is 50.3 Å². The molecule has 7 heteroatoms. The summed E-state index contributed by atoms with van der Waals surface area (Å²) in [5.41, 5.74) is -0.813. The Balaban J connectivity index is 2.30. The van der Waals surface area contributed by atoms with Crippen molar-refractivity contribution in [3.05, 3.63) is 0 Å². The molecule has 1 N–H and O–H groups in total. The van der Waals surface area contributed by atoms with Crippen LogP contribution in [0.25, 0.3) is 0 Å². The van der Waals surface area contributed by atoms with Crippen LogP contribution in [0.2, 0.25) is 0 Å². The maximum absolute atomic E-state index is 12.6. The van der Waals surface area contributed by atoms with E-state index < -0.39 is 26.5 Å². The van der Waals surface area contributed by atoms with Crippen molar-refractivity contribution in [1.29, 1.82) is 0 Å². The van der Waals surface area contributed by atoms with Gasteiger partial charge in [-0.2, -0.15) is 0 Å². The Hall–Kier alpha value is -1.11. The molecule has 114 valence electrons. The van der Waals surface area contributed by atoms with Gasteiger partial charge in [0, 0.05) is 18.8 Å². The average molecular weight is 302 g/mol. The maximum Gasteiger partial charge on any atom is 0.246 e. The molecule has 1 saturated carbocycles. The monoisotopic (exact) mass is 302 g/mol. The van der Waals surface area contributed by atoms with Gasteiger partial charge in [-0.1, -0.05) is 19.8 Å². The standard InChI is InChI=1S/C13H22N2O4S/c1-3-20(18,19)10(2)11(16)15-9-8-14-12(17)13(15)6-4-5-7-13/h10H,3-9H2,1-2H3,(H,14,17). The SMILES string of the molecule is CCS(=O)(=O)C(C)C(=O)N1CCNC(=O)C12CCCC2. The van der Waals surface area contributed by atoms with Gasteiger partial charge in [-0.25, -0.2) is 8.42 Å². The molecule has 1 aliphatic heterocycles. The number of amides is 2. The molecular weight excluding hydrogens is 280 g/mol. The smallest absolute Gasteiger partial charge is 0.246 e. The van der Waals surface area contributed by atoms with E-state index in [1.165, 1.54) is 18.7 Å². The van der Waals surface area contributed by atoms with Gasteiger partial charge in [-0.05, 0) is 19.8 Å². The molecule has 0 radical (unpaired) electrons. The Morgan fingerprint density at radius 1 is 1.40 bits per heavy atom. The zero-order valence-corrected chi connectivity index (χ0v) is 12.8. The van der Waals surface area contributed by atoms with E-state index in [-0.39, 0.29) is 11.7 Å². The predicted molar refractivity (Wildman–Crippen MR) is 74.8 cm³/mol. The second kappa shape index (κ2) is 5.35. The number of hydrogen-bond donors (Lipinski definition) is 1.